The highest BCUT2D eigenvalue weighted by Crippen LogP contribution is 2.46. The van der Waals surface area contributed by atoms with Crippen LogP contribution in [-0.2, 0) is 63.6 Å². The van der Waals surface area contributed by atoms with Gasteiger partial charge in [0.25, 0.3) is 0 Å². The maximum atomic E-state index is 15.3. The maximum Gasteiger partial charge on any atom is 0.471 e. The van der Waals surface area contributed by atoms with E-state index in [0.29, 0.717) is 36.2 Å². The number of aromatic nitrogens is 3. The molecule has 0 aliphatic carbocycles. The molecule has 4 saturated heterocycles. The number of cyclic esters (lactones) is 1. The van der Waals surface area contributed by atoms with Gasteiger partial charge in [0.05, 0.1) is 53.7 Å². The standard InChI is InChI=1S/C61H87F3N6O14/c1-16-46-60(11)50(70(57(75)84-60)28-21-20-27-69-33-44(66-67-69)42-25-22-26-43(30-42)65-56(74)61(62,63)64)37(5)48(71)34(2)31-58(9,76-14)51(83-55-36(4)45(68(12)13)29-35(3)78-55)38(6)49(39(7)53(72)80-46)81-47-32-59(10,77-15)52(40(8)79-47)82-54(73)41-23-18-17-19-24-41/h17-19,22-26,30,33-40,45-47,49-52,55H,16,20-21,27-29,31-32H2,1-15H3,(H,65,74)/t34-,35-,36-,37+,38+,39-,40+,45?,46-,47+,49+,50+,51-,52+,55+,58+,59-,60-/m1/s1. The summed E-state index contributed by atoms with van der Waals surface area (Å²) in [6.07, 6.45) is -8.69. The van der Waals surface area contributed by atoms with Crippen LogP contribution in [0, 0.1) is 29.6 Å². The zero-order valence-electron chi connectivity index (χ0n) is 51.2. The highest BCUT2D eigenvalue weighted by atomic mass is 19.4. The number of hydrogen-bond donors (Lipinski definition) is 1. The van der Waals surface area contributed by atoms with Crippen LogP contribution in [0.1, 0.15) is 125 Å². The number of carbonyl (C=O) groups is 5. The van der Waals surface area contributed by atoms with Gasteiger partial charge in [0, 0.05) is 74.7 Å². The molecule has 84 heavy (non-hydrogen) atoms. The lowest BCUT2D eigenvalue weighted by atomic mass is 9.73. The van der Waals surface area contributed by atoms with Crippen molar-refractivity contribution in [1.29, 1.82) is 0 Å². The number of ketones is 1. The van der Waals surface area contributed by atoms with Crippen LogP contribution in [0.5, 0.6) is 0 Å². The van der Waals surface area contributed by atoms with Gasteiger partial charge in [-0.2, -0.15) is 13.2 Å². The summed E-state index contributed by atoms with van der Waals surface area (Å²) >= 11 is 0. The first-order chi connectivity index (χ1) is 39.5. The molecule has 2 aromatic carbocycles. The van der Waals surface area contributed by atoms with Crippen LogP contribution in [-0.4, -0.2) is 174 Å². The van der Waals surface area contributed by atoms with Crippen LogP contribution >= 0.6 is 0 Å². The lowest BCUT2D eigenvalue weighted by Gasteiger charge is -2.50. The zero-order chi connectivity index (χ0) is 61.8. The lowest BCUT2D eigenvalue weighted by molar-refractivity contribution is -0.313. The molecule has 1 unspecified atom stereocenters. The van der Waals surface area contributed by atoms with Crippen molar-refractivity contribution >= 4 is 35.4 Å². The summed E-state index contributed by atoms with van der Waals surface area (Å²) in [7, 11) is 7.15. The van der Waals surface area contributed by atoms with Crippen LogP contribution in [0.4, 0.5) is 23.7 Å². The van der Waals surface area contributed by atoms with Gasteiger partial charge in [-0.25, -0.2) is 9.59 Å². The van der Waals surface area contributed by atoms with E-state index in [-0.39, 0.29) is 55.3 Å². The number of aryl methyl sites for hydroxylation is 1. The normalized spacial score (nSPS) is 35.4. The Morgan fingerprint density at radius 3 is 2.14 bits per heavy atom. The van der Waals surface area contributed by atoms with E-state index in [1.165, 1.54) is 25.3 Å². The number of rotatable bonds is 17. The van der Waals surface area contributed by atoms with E-state index in [0.717, 1.165) is 6.42 Å². The molecule has 20 nitrogen and oxygen atoms in total. The molecule has 4 aliphatic heterocycles. The third-order valence-corrected chi connectivity index (χ3v) is 17.9. The molecule has 4 fully saturated rings. The second-order valence-corrected chi connectivity index (χ2v) is 24.4. The number of anilines is 1. The number of ether oxygens (including phenoxy) is 9. The third kappa shape index (κ3) is 14.5. The maximum absolute atomic E-state index is 15.3. The van der Waals surface area contributed by atoms with Crippen molar-refractivity contribution in [3.63, 3.8) is 0 Å². The van der Waals surface area contributed by atoms with Gasteiger partial charge >= 0.3 is 30.1 Å². The van der Waals surface area contributed by atoms with E-state index >= 15 is 9.59 Å². The molecule has 3 aromatic rings. The van der Waals surface area contributed by atoms with E-state index in [4.69, 9.17) is 42.6 Å². The molecule has 0 bridgehead atoms. The first-order valence-corrected chi connectivity index (χ1v) is 29.3. The number of esters is 2. The van der Waals surface area contributed by atoms with Gasteiger partial charge in [-0.15, -0.1) is 5.10 Å². The molecule has 18 atom stereocenters. The number of nitrogens with zero attached hydrogens (tertiary/aromatic N) is 5. The van der Waals surface area contributed by atoms with Gasteiger partial charge in [-0.05, 0) is 112 Å². The van der Waals surface area contributed by atoms with Crippen LogP contribution in [0.2, 0.25) is 0 Å². The smallest absolute Gasteiger partial charge is 0.458 e. The third-order valence-electron chi connectivity index (χ3n) is 17.9. The summed E-state index contributed by atoms with van der Waals surface area (Å²) in [5.41, 5.74) is -2.85. The minimum atomic E-state index is -5.06. The molecular formula is C61H87F3N6O14. The quantitative estimate of drug-likeness (QED) is 0.0756. The number of benzene rings is 2. The largest absolute Gasteiger partial charge is 0.471 e. The summed E-state index contributed by atoms with van der Waals surface area (Å²) in [5, 5.41) is 10.3. The number of nitrogens with one attached hydrogen (secondary N) is 1. The fraction of sp³-hybridized carbons (Fsp3) is 0.689. The first-order valence-electron chi connectivity index (χ1n) is 29.3. The fourth-order valence-corrected chi connectivity index (χ4v) is 13.2. The van der Waals surface area contributed by atoms with Crippen LogP contribution in [0.3, 0.4) is 0 Å². The average molecular weight is 1190 g/mol. The van der Waals surface area contributed by atoms with Crippen LogP contribution in [0.15, 0.2) is 60.8 Å². The number of carbonyl (C=O) groups excluding carboxylic acids is 5. The number of unbranched alkanes of at least 4 members (excludes halogenated alkanes) is 1. The molecule has 2 amide bonds. The lowest BCUT2D eigenvalue weighted by Crippen LogP contribution is -2.61. The minimum absolute atomic E-state index is 0.0642. The monoisotopic (exact) mass is 1180 g/mol. The molecule has 1 N–H and O–H groups in total. The topological polar surface area (TPSA) is 218 Å². The molecular weight excluding hydrogens is 1100 g/mol. The number of fused-ring (bicyclic) bond motifs is 1. The SMILES string of the molecule is CC[C@H]1OC(=O)[C@H](C)[C@@H](O[C@H]2C[C@@](C)(OC)[C@@H](OC(=O)c3ccccc3)[C@H](C)O2)[C@H](C)[C@@H](O[C@@H]2O[C@H](C)CC(N(C)C)[C@H]2C)[C@@](C)(OC)C[C@@H](C)C(=O)[C@H](C)[C@@H]2N(CCCCn3cc(-c4cccc(NC(=O)C(F)(F)F)c4)nn3)C(=O)O[C@@]21C. The Bertz CT molecular complexity index is 2760. The highest BCUT2D eigenvalue weighted by molar-refractivity contribution is 5.95. The van der Waals surface area contributed by atoms with Gasteiger partial charge in [0.2, 0.25) is 0 Å². The number of Topliss-reactive ketones (excluding diaryl/α,β-unsaturated/α-hetero) is 1. The minimum Gasteiger partial charge on any atom is -0.458 e. The summed E-state index contributed by atoms with van der Waals surface area (Å²) in [6.45, 7) is 20.8. The summed E-state index contributed by atoms with van der Waals surface area (Å²) in [6, 6.07) is 13.6. The number of alkyl halides is 3. The number of amides is 2. The Morgan fingerprint density at radius 1 is 0.833 bits per heavy atom. The van der Waals surface area contributed by atoms with Gasteiger partial charge in [-0.1, -0.05) is 70.2 Å². The van der Waals surface area contributed by atoms with Crippen molar-refractivity contribution < 1.29 is 79.8 Å². The van der Waals surface area contributed by atoms with Crippen molar-refractivity contribution in [2.75, 3.05) is 40.2 Å². The van der Waals surface area contributed by atoms with Gasteiger partial charge < -0.3 is 57.7 Å². The van der Waals surface area contributed by atoms with E-state index < -0.39 is 120 Å². The first kappa shape index (κ1) is 66.0. The van der Waals surface area contributed by atoms with E-state index in [1.807, 2.05) is 61.0 Å². The second kappa shape index (κ2) is 27.0. The Hall–Kier alpha value is -5.56. The van der Waals surface area contributed by atoms with E-state index in [2.05, 4.69) is 22.1 Å². The zero-order valence-corrected chi connectivity index (χ0v) is 51.2. The Balaban J connectivity index is 1.19. The van der Waals surface area contributed by atoms with Gasteiger partial charge in [-0.3, -0.25) is 19.1 Å². The van der Waals surface area contributed by atoms with Crippen LogP contribution < -0.4 is 5.32 Å². The molecule has 23 heteroatoms. The predicted octanol–water partition coefficient (Wildman–Crippen LogP) is 9.29. The molecule has 5 heterocycles. The van der Waals surface area contributed by atoms with Crippen molar-refractivity contribution in [2.24, 2.45) is 29.6 Å². The molecule has 7 rings (SSSR count). The molecule has 4 aliphatic rings. The highest BCUT2D eigenvalue weighted by Gasteiger charge is 2.61. The predicted molar refractivity (Wildman–Crippen MR) is 302 cm³/mol. The van der Waals surface area contributed by atoms with Crippen molar-refractivity contribution in [3.8, 4) is 11.3 Å². The van der Waals surface area contributed by atoms with E-state index in [1.54, 1.807) is 87.0 Å². The molecule has 0 spiro atoms. The number of methoxy groups -OCH3 is 2. The number of halogens is 3. The van der Waals surface area contributed by atoms with Crippen LogP contribution in [0.25, 0.3) is 11.3 Å². The van der Waals surface area contributed by atoms with Gasteiger partial charge in [0.1, 0.15) is 23.2 Å². The Labute approximate surface area is 491 Å². The summed E-state index contributed by atoms with van der Waals surface area (Å²) in [4.78, 5) is 73.8. The fourth-order valence-electron chi connectivity index (χ4n) is 13.2. The van der Waals surface area contributed by atoms with Gasteiger partial charge in [0.15, 0.2) is 24.3 Å². The van der Waals surface area contributed by atoms with E-state index in [9.17, 15) is 27.6 Å². The summed E-state index contributed by atoms with van der Waals surface area (Å²) < 4.78 is 99.9. The van der Waals surface area contributed by atoms with Crippen molar-refractivity contribution in [3.05, 3.63) is 66.4 Å². The van der Waals surface area contributed by atoms with Crippen molar-refractivity contribution in [2.45, 2.75) is 205 Å². The molecule has 466 valence electrons. The molecule has 1 aromatic heterocycles. The summed E-state index contributed by atoms with van der Waals surface area (Å²) in [5.74, 6) is -6.96. The van der Waals surface area contributed by atoms with Crippen molar-refractivity contribution in [1.82, 2.24) is 24.8 Å². The molecule has 0 radical (unpaired) electrons. The number of hydrogen-bond acceptors (Lipinski definition) is 17. The molecule has 0 saturated carbocycles. The Kier molecular flexibility index (Phi) is 21.2. The second-order valence-electron chi connectivity index (χ2n) is 24.4. The average Bonchev–Trinajstić information content (AvgIpc) is 1.86. The Morgan fingerprint density at radius 2 is 1.50 bits per heavy atom.